The van der Waals surface area contributed by atoms with E-state index in [0.717, 1.165) is 36.6 Å². The summed E-state index contributed by atoms with van der Waals surface area (Å²) >= 11 is 12.4. The average molecular weight is 379 g/mol. The van der Waals surface area contributed by atoms with Gasteiger partial charge in [0.15, 0.2) is 0 Å². The number of hydrogen-bond acceptors (Lipinski definition) is 3. The fourth-order valence-corrected chi connectivity index (χ4v) is 3.59. The van der Waals surface area contributed by atoms with Gasteiger partial charge in [0.25, 0.3) is 0 Å². The summed E-state index contributed by atoms with van der Waals surface area (Å²) in [6.07, 6.45) is 1.59. The Kier molecular flexibility index (Phi) is 5.71. The van der Waals surface area contributed by atoms with E-state index >= 15 is 0 Å². The minimum absolute atomic E-state index is 0.0142. The highest BCUT2D eigenvalue weighted by Crippen LogP contribution is 2.31. The number of halogens is 2. The monoisotopic (exact) mass is 378 g/mol. The van der Waals surface area contributed by atoms with Gasteiger partial charge in [-0.3, -0.25) is 4.79 Å². The van der Waals surface area contributed by atoms with Gasteiger partial charge < -0.3 is 15.0 Å². The van der Waals surface area contributed by atoms with Crippen molar-refractivity contribution in [2.24, 2.45) is 5.92 Å². The van der Waals surface area contributed by atoms with Crippen LogP contribution in [0.4, 0.5) is 11.4 Å². The molecule has 0 aliphatic carbocycles. The molecule has 4 nitrogen and oxygen atoms in total. The van der Waals surface area contributed by atoms with E-state index < -0.39 is 0 Å². The zero-order valence-corrected chi connectivity index (χ0v) is 15.5. The molecule has 1 aliphatic heterocycles. The van der Waals surface area contributed by atoms with Gasteiger partial charge in [0.1, 0.15) is 5.75 Å². The summed E-state index contributed by atoms with van der Waals surface area (Å²) in [5.41, 5.74) is 1.72. The van der Waals surface area contributed by atoms with Crippen LogP contribution in [0, 0.1) is 5.92 Å². The summed E-state index contributed by atoms with van der Waals surface area (Å²) in [6.45, 7) is 1.62. The van der Waals surface area contributed by atoms with E-state index in [0.29, 0.717) is 16.5 Å². The number of nitrogens with zero attached hydrogens (tertiary/aromatic N) is 1. The maximum atomic E-state index is 12.5. The molecule has 0 aromatic heterocycles. The molecule has 1 N–H and O–H groups in total. The molecule has 0 unspecified atom stereocenters. The molecule has 1 aliphatic rings. The van der Waals surface area contributed by atoms with E-state index in [1.54, 1.807) is 25.3 Å². The van der Waals surface area contributed by atoms with E-state index in [9.17, 15) is 4.79 Å². The Morgan fingerprint density at radius 1 is 1.12 bits per heavy atom. The summed E-state index contributed by atoms with van der Waals surface area (Å²) < 4.78 is 5.12. The molecule has 3 rings (SSSR count). The maximum Gasteiger partial charge on any atom is 0.227 e. The summed E-state index contributed by atoms with van der Waals surface area (Å²) in [5.74, 6) is 0.604. The van der Waals surface area contributed by atoms with Crippen molar-refractivity contribution in [1.29, 1.82) is 0 Å². The molecule has 1 heterocycles. The van der Waals surface area contributed by atoms with Crippen molar-refractivity contribution >= 4 is 40.5 Å². The zero-order valence-electron chi connectivity index (χ0n) is 14.0. The SMILES string of the molecule is COc1ccc(NC(=O)C2CCN(c3ccccc3Cl)CC2)cc1Cl. The summed E-state index contributed by atoms with van der Waals surface area (Å²) in [7, 11) is 1.56. The third-order valence-electron chi connectivity index (χ3n) is 4.48. The smallest absolute Gasteiger partial charge is 0.227 e. The molecular formula is C19H20Cl2N2O2. The Bertz CT molecular complexity index is 759. The molecule has 2 aromatic carbocycles. The minimum atomic E-state index is -0.0142. The van der Waals surface area contributed by atoms with Crippen LogP contribution < -0.4 is 15.0 Å². The number of piperidine rings is 1. The number of hydrogen-bond donors (Lipinski definition) is 1. The Morgan fingerprint density at radius 3 is 2.48 bits per heavy atom. The number of carbonyl (C=O) groups excluding carboxylic acids is 1. The van der Waals surface area contributed by atoms with Crippen LogP contribution in [0.5, 0.6) is 5.75 Å². The number of nitrogens with one attached hydrogen (secondary N) is 1. The quantitative estimate of drug-likeness (QED) is 0.825. The third-order valence-corrected chi connectivity index (χ3v) is 5.09. The molecule has 6 heteroatoms. The van der Waals surface area contributed by atoms with Crippen LogP contribution in [0.2, 0.25) is 10.0 Å². The normalized spacial score (nSPS) is 15.1. The zero-order chi connectivity index (χ0) is 17.8. The van der Waals surface area contributed by atoms with Crippen molar-refractivity contribution in [3.05, 3.63) is 52.5 Å². The van der Waals surface area contributed by atoms with Gasteiger partial charge in [0, 0.05) is 24.7 Å². The highest BCUT2D eigenvalue weighted by Gasteiger charge is 2.26. The lowest BCUT2D eigenvalue weighted by atomic mass is 9.95. The first-order valence-electron chi connectivity index (χ1n) is 8.22. The summed E-state index contributed by atoms with van der Waals surface area (Å²) in [5, 5.41) is 4.18. The Hall–Kier alpha value is -1.91. The third kappa shape index (κ3) is 4.20. The molecule has 0 saturated carbocycles. The number of ether oxygens (including phenoxy) is 1. The highest BCUT2D eigenvalue weighted by molar-refractivity contribution is 6.33. The van der Waals surface area contributed by atoms with Crippen LogP contribution in [-0.2, 0) is 4.79 Å². The Balaban J connectivity index is 1.58. The second-order valence-electron chi connectivity index (χ2n) is 6.05. The molecule has 0 spiro atoms. The van der Waals surface area contributed by atoms with Gasteiger partial charge in [0.2, 0.25) is 5.91 Å². The lowest BCUT2D eigenvalue weighted by Gasteiger charge is -2.33. The van der Waals surface area contributed by atoms with Crippen molar-refractivity contribution < 1.29 is 9.53 Å². The first kappa shape index (κ1) is 17.9. The van der Waals surface area contributed by atoms with Crippen LogP contribution in [-0.4, -0.2) is 26.1 Å². The predicted octanol–water partition coefficient (Wildman–Crippen LogP) is 4.86. The second kappa shape index (κ2) is 7.98. The van der Waals surface area contributed by atoms with Gasteiger partial charge in [-0.2, -0.15) is 0 Å². The van der Waals surface area contributed by atoms with Crippen LogP contribution >= 0.6 is 23.2 Å². The van der Waals surface area contributed by atoms with E-state index in [4.69, 9.17) is 27.9 Å². The lowest BCUT2D eigenvalue weighted by molar-refractivity contribution is -0.120. The molecule has 1 amide bonds. The number of anilines is 2. The van der Waals surface area contributed by atoms with Gasteiger partial charge in [-0.25, -0.2) is 0 Å². The van der Waals surface area contributed by atoms with Gasteiger partial charge in [-0.15, -0.1) is 0 Å². The van der Waals surface area contributed by atoms with Crippen molar-refractivity contribution in [3.8, 4) is 5.75 Å². The van der Waals surface area contributed by atoms with Crippen LogP contribution in [0.3, 0.4) is 0 Å². The van der Waals surface area contributed by atoms with Gasteiger partial charge in [0.05, 0.1) is 22.8 Å². The van der Waals surface area contributed by atoms with Crippen molar-refractivity contribution in [3.63, 3.8) is 0 Å². The number of benzene rings is 2. The molecule has 2 aromatic rings. The molecule has 25 heavy (non-hydrogen) atoms. The molecule has 132 valence electrons. The van der Waals surface area contributed by atoms with Crippen LogP contribution in [0.15, 0.2) is 42.5 Å². The molecule has 1 fully saturated rings. The second-order valence-corrected chi connectivity index (χ2v) is 6.87. The lowest BCUT2D eigenvalue weighted by Crippen LogP contribution is -2.38. The highest BCUT2D eigenvalue weighted by atomic mass is 35.5. The largest absolute Gasteiger partial charge is 0.495 e. The maximum absolute atomic E-state index is 12.5. The number of methoxy groups -OCH3 is 1. The fraction of sp³-hybridized carbons (Fsp3) is 0.316. The molecule has 1 saturated heterocycles. The molecule has 0 atom stereocenters. The summed E-state index contributed by atoms with van der Waals surface area (Å²) in [6, 6.07) is 13.1. The van der Waals surface area contributed by atoms with Gasteiger partial charge >= 0.3 is 0 Å². The van der Waals surface area contributed by atoms with Crippen molar-refractivity contribution in [2.45, 2.75) is 12.8 Å². The van der Waals surface area contributed by atoms with Crippen LogP contribution in [0.25, 0.3) is 0 Å². The molecular weight excluding hydrogens is 359 g/mol. The summed E-state index contributed by atoms with van der Waals surface area (Å²) in [4.78, 5) is 14.7. The van der Waals surface area contributed by atoms with E-state index in [1.807, 2.05) is 24.3 Å². The molecule has 0 bridgehead atoms. The number of rotatable bonds is 4. The first-order valence-corrected chi connectivity index (χ1v) is 8.98. The van der Waals surface area contributed by atoms with Gasteiger partial charge in [-0.05, 0) is 43.2 Å². The van der Waals surface area contributed by atoms with E-state index in [-0.39, 0.29) is 11.8 Å². The first-order chi connectivity index (χ1) is 12.1. The number of carbonyl (C=O) groups is 1. The van der Waals surface area contributed by atoms with Gasteiger partial charge in [-0.1, -0.05) is 35.3 Å². The number of amides is 1. The standard InChI is InChI=1S/C19H20Cl2N2O2/c1-25-18-7-6-14(12-16(18)21)22-19(24)13-8-10-23(11-9-13)17-5-3-2-4-15(17)20/h2-7,12-13H,8-11H2,1H3,(H,22,24). The Labute approximate surface area is 157 Å². The van der Waals surface area contributed by atoms with E-state index in [2.05, 4.69) is 10.2 Å². The average Bonchev–Trinajstić information content (AvgIpc) is 2.62. The topological polar surface area (TPSA) is 41.6 Å². The van der Waals surface area contributed by atoms with E-state index in [1.165, 1.54) is 0 Å². The number of para-hydroxylation sites is 1. The van der Waals surface area contributed by atoms with Crippen LogP contribution in [0.1, 0.15) is 12.8 Å². The predicted molar refractivity (Wildman–Crippen MR) is 103 cm³/mol. The van der Waals surface area contributed by atoms with Crippen molar-refractivity contribution in [2.75, 3.05) is 30.4 Å². The molecule has 0 radical (unpaired) electrons. The minimum Gasteiger partial charge on any atom is -0.495 e. The fourth-order valence-electron chi connectivity index (χ4n) is 3.08. The Morgan fingerprint density at radius 2 is 1.84 bits per heavy atom. The van der Waals surface area contributed by atoms with Crippen molar-refractivity contribution in [1.82, 2.24) is 0 Å².